The van der Waals surface area contributed by atoms with Crippen LogP contribution < -0.4 is 5.32 Å². The summed E-state index contributed by atoms with van der Waals surface area (Å²) in [5, 5.41) is 11.8. The number of rotatable bonds is 4. The highest BCUT2D eigenvalue weighted by atomic mass is 16.2. The molecule has 2 aliphatic rings. The van der Waals surface area contributed by atoms with Crippen molar-refractivity contribution in [3.8, 4) is 5.69 Å². The number of benzene rings is 1. The summed E-state index contributed by atoms with van der Waals surface area (Å²) in [6.45, 7) is 2.75. The van der Waals surface area contributed by atoms with Crippen molar-refractivity contribution in [1.82, 2.24) is 29.9 Å². The first-order valence-electron chi connectivity index (χ1n) is 9.51. The van der Waals surface area contributed by atoms with Crippen molar-refractivity contribution >= 4 is 11.9 Å². The van der Waals surface area contributed by atoms with Crippen molar-refractivity contribution in [1.29, 1.82) is 0 Å². The molecule has 3 heterocycles. The molecule has 1 amide bonds. The Hall–Kier alpha value is -3.29. The minimum Gasteiger partial charge on any atom is -0.349 e. The lowest BCUT2D eigenvalue weighted by molar-refractivity contribution is 0.0691. The summed E-state index contributed by atoms with van der Waals surface area (Å²) in [7, 11) is 0. The molecule has 1 saturated carbocycles. The molecule has 3 unspecified atom stereocenters. The summed E-state index contributed by atoms with van der Waals surface area (Å²) in [5.41, 5.74) is 2.35. The molecule has 1 N–H and O–H groups in total. The van der Waals surface area contributed by atoms with Gasteiger partial charge in [-0.25, -0.2) is 9.97 Å². The predicted octanol–water partition coefficient (Wildman–Crippen LogP) is 2.08. The highest BCUT2D eigenvalue weighted by molar-refractivity contribution is 5.98. The molecule has 3 aromatic rings. The second kappa shape index (κ2) is 6.70. The Morgan fingerprint density at radius 3 is 2.61 bits per heavy atom. The van der Waals surface area contributed by atoms with Gasteiger partial charge < -0.3 is 10.2 Å². The number of amides is 1. The molecular weight excluding hydrogens is 354 g/mol. The van der Waals surface area contributed by atoms with Gasteiger partial charge in [0.25, 0.3) is 5.91 Å². The van der Waals surface area contributed by atoms with E-state index in [1.54, 1.807) is 24.8 Å². The summed E-state index contributed by atoms with van der Waals surface area (Å²) in [4.78, 5) is 25.6. The van der Waals surface area contributed by atoms with E-state index < -0.39 is 0 Å². The molecule has 142 valence electrons. The summed E-state index contributed by atoms with van der Waals surface area (Å²) < 4.78 is 0. The maximum absolute atomic E-state index is 13.4. The predicted molar refractivity (Wildman–Crippen MR) is 103 cm³/mol. The molecule has 3 atom stereocenters. The first kappa shape index (κ1) is 16.9. The quantitative estimate of drug-likeness (QED) is 0.751. The van der Waals surface area contributed by atoms with E-state index in [0.717, 1.165) is 24.9 Å². The minimum atomic E-state index is 0.0247. The van der Waals surface area contributed by atoms with Gasteiger partial charge in [-0.2, -0.15) is 15.0 Å². The molecule has 0 spiro atoms. The average molecular weight is 375 g/mol. The Labute approximate surface area is 162 Å². The third-order valence-corrected chi connectivity index (χ3v) is 5.61. The highest BCUT2D eigenvalue weighted by Gasteiger charge is 2.47. The number of aryl methyl sites for hydroxylation is 1. The molecule has 2 aromatic heterocycles. The van der Waals surface area contributed by atoms with Crippen LogP contribution in [0, 0.1) is 12.8 Å². The number of likely N-dealkylation sites (tertiary alicyclic amines) is 1. The molecule has 0 radical (unpaired) electrons. The summed E-state index contributed by atoms with van der Waals surface area (Å²) in [5.74, 6) is 1.15. The van der Waals surface area contributed by atoms with Crippen LogP contribution >= 0.6 is 0 Å². The van der Waals surface area contributed by atoms with E-state index in [9.17, 15) is 4.79 Å². The van der Waals surface area contributed by atoms with E-state index in [2.05, 4.69) is 25.5 Å². The number of carbonyl (C=O) groups excluding carboxylic acids is 1. The smallest absolute Gasteiger partial charge is 0.256 e. The van der Waals surface area contributed by atoms with Crippen molar-refractivity contribution in [3.63, 3.8) is 0 Å². The Bertz CT molecular complexity index is 986. The van der Waals surface area contributed by atoms with E-state index in [1.807, 2.05) is 36.1 Å². The van der Waals surface area contributed by atoms with Gasteiger partial charge in [-0.3, -0.25) is 4.79 Å². The summed E-state index contributed by atoms with van der Waals surface area (Å²) in [6, 6.07) is 7.80. The fraction of sp³-hybridized carbons (Fsp3) is 0.350. The Balaban J connectivity index is 1.39. The van der Waals surface area contributed by atoms with Gasteiger partial charge in [-0.15, -0.1) is 0 Å². The van der Waals surface area contributed by atoms with Gasteiger partial charge in [0.05, 0.1) is 29.7 Å². The third-order valence-electron chi connectivity index (χ3n) is 5.61. The van der Waals surface area contributed by atoms with Gasteiger partial charge in [0.2, 0.25) is 5.95 Å². The Kier molecular flexibility index (Phi) is 4.03. The number of hydrogen-bond acceptors (Lipinski definition) is 6. The van der Waals surface area contributed by atoms with Gasteiger partial charge >= 0.3 is 0 Å². The zero-order valence-electron chi connectivity index (χ0n) is 15.6. The van der Waals surface area contributed by atoms with Crippen LogP contribution in [0.3, 0.4) is 0 Å². The van der Waals surface area contributed by atoms with Crippen LogP contribution in [0.1, 0.15) is 28.8 Å². The number of para-hydroxylation sites is 1. The Morgan fingerprint density at radius 2 is 1.86 bits per heavy atom. The molecule has 28 heavy (non-hydrogen) atoms. The number of fused-ring (bicyclic) bond motifs is 2. The lowest BCUT2D eigenvalue weighted by atomic mass is 10.0. The monoisotopic (exact) mass is 375 g/mol. The van der Waals surface area contributed by atoms with Crippen molar-refractivity contribution < 1.29 is 4.79 Å². The molecule has 8 nitrogen and oxygen atoms in total. The zero-order valence-corrected chi connectivity index (χ0v) is 15.6. The largest absolute Gasteiger partial charge is 0.349 e. The second-order valence-electron chi connectivity index (χ2n) is 7.53. The van der Waals surface area contributed by atoms with Gasteiger partial charge in [0, 0.05) is 25.0 Å². The van der Waals surface area contributed by atoms with E-state index in [0.29, 0.717) is 23.1 Å². The maximum Gasteiger partial charge on any atom is 0.256 e. The number of piperidine rings is 1. The average Bonchev–Trinajstić information content (AvgIpc) is 3.46. The number of nitrogens with one attached hydrogen (secondary N) is 1. The van der Waals surface area contributed by atoms with E-state index >= 15 is 0 Å². The molecule has 5 rings (SSSR count). The van der Waals surface area contributed by atoms with Crippen LogP contribution in [-0.4, -0.2) is 54.4 Å². The standard InChI is InChI=1S/C20H21N7O/c1-13-10-21-20(22-11-13)25-16-8-14-9-18(16)26(12-14)19(28)15-4-2-3-5-17(15)27-23-6-7-24-27/h2-7,10-11,14,16,18H,8-9,12H2,1H3,(H,21,22,25). The number of anilines is 1. The minimum absolute atomic E-state index is 0.0247. The molecule has 1 aromatic carbocycles. The summed E-state index contributed by atoms with van der Waals surface area (Å²) >= 11 is 0. The number of hydrogen-bond donors (Lipinski definition) is 1. The van der Waals surface area contributed by atoms with Crippen LogP contribution in [0.15, 0.2) is 49.1 Å². The number of carbonyl (C=O) groups is 1. The van der Waals surface area contributed by atoms with Gasteiger partial charge in [0.15, 0.2) is 0 Å². The fourth-order valence-corrected chi connectivity index (χ4v) is 4.37. The Morgan fingerprint density at radius 1 is 1.11 bits per heavy atom. The normalized spacial score (nSPS) is 23.2. The fourth-order valence-electron chi connectivity index (χ4n) is 4.37. The number of aromatic nitrogens is 5. The highest BCUT2D eigenvalue weighted by Crippen LogP contribution is 2.40. The van der Waals surface area contributed by atoms with E-state index in [4.69, 9.17) is 0 Å². The maximum atomic E-state index is 13.4. The van der Waals surface area contributed by atoms with Crippen LogP contribution in [-0.2, 0) is 0 Å². The third kappa shape index (κ3) is 2.90. The van der Waals surface area contributed by atoms with Crippen LogP contribution in [0.25, 0.3) is 5.69 Å². The molecule has 8 heteroatoms. The molecular formula is C20H21N7O. The molecule has 1 saturated heterocycles. The van der Waals surface area contributed by atoms with Gasteiger partial charge in [-0.05, 0) is 43.4 Å². The van der Waals surface area contributed by atoms with Gasteiger partial charge in [0.1, 0.15) is 0 Å². The zero-order chi connectivity index (χ0) is 19.1. The lowest BCUT2D eigenvalue weighted by Gasteiger charge is -2.34. The SMILES string of the molecule is Cc1cnc(NC2CC3CC2N(C(=O)c2ccccc2-n2nccn2)C3)nc1. The topological polar surface area (TPSA) is 88.8 Å². The molecule has 1 aliphatic heterocycles. The van der Waals surface area contributed by atoms with Crippen LogP contribution in [0.4, 0.5) is 5.95 Å². The molecule has 1 aliphatic carbocycles. The van der Waals surface area contributed by atoms with Crippen molar-refractivity contribution in [2.75, 3.05) is 11.9 Å². The first-order valence-corrected chi connectivity index (χ1v) is 9.51. The van der Waals surface area contributed by atoms with Crippen molar-refractivity contribution in [3.05, 3.63) is 60.2 Å². The second-order valence-corrected chi connectivity index (χ2v) is 7.53. The van der Waals surface area contributed by atoms with Crippen LogP contribution in [0.2, 0.25) is 0 Å². The van der Waals surface area contributed by atoms with Crippen LogP contribution in [0.5, 0.6) is 0 Å². The molecule has 2 fully saturated rings. The van der Waals surface area contributed by atoms with E-state index in [1.165, 1.54) is 4.80 Å². The number of nitrogens with zero attached hydrogens (tertiary/aromatic N) is 6. The lowest BCUT2D eigenvalue weighted by Crippen LogP contribution is -2.48. The molecule has 2 bridgehead atoms. The first-order chi connectivity index (χ1) is 13.7. The van der Waals surface area contributed by atoms with Crippen molar-refractivity contribution in [2.24, 2.45) is 5.92 Å². The van der Waals surface area contributed by atoms with Gasteiger partial charge in [-0.1, -0.05) is 12.1 Å². The van der Waals surface area contributed by atoms with Crippen molar-refractivity contribution in [2.45, 2.75) is 31.8 Å². The summed E-state index contributed by atoms with van der Waals surface area (Å²) in [6.07, 6.45) is 8.88. The van der Waals surface area contributed by atoms with E-state index in [-0.39, 0.29) is 18.0 Å².